The Hall–Kier alpha value is -1.49. The van der Waals surface area contributed by atoms with Gasteiger partial charge in [0.05, 0.1) is 18.3 Å². The Kier molecular flexibility index (Phi) is 4.85. The van der Waals surface area contributed by atoms with Gasteiger partial charge in [-0.3, -0.25) is 4.39 Å². The third-order valence-corrected chi connectivity index (χ3v) is 2.17. The molecule has 0 heterocycles. The van der Waals surface area contributed by atoms with Crippen LogP contribution >= 0.6 is 11.6 Å². The molecule has 0 spiro atoms. The number of benzene rings is 1. The van der Waals surface area contributed by atoms with Crippen LogP contribution in [-0.4, -0.2) is 24.3 Å². The maximum Gasteiger partial charge on any atom is 0.170 e. The van der Waals surface area contributed by atoms with Gasteiger partial charge in [-0.05, 0) is 18.2 Å². The van der Waals surface area contributed by atoms with Crippen molar-refractivity contribution in [2.45, 2.75) is 6.42 Å². The van der Waals surface area contributed by atoms with Gasteiger partial charge < -0.3 is 15.7 Å². The van der Waals surface area contributed by atoms with Crippen molar-refractivity contribution in [2.75, 3.05) is 13.3 Å². The minimum absolute atomic E-state index is 0.0304. The van der Waals surface area contributed by atoms with E-state index in [2.05, 4.69) is 5.16 Å². The molecular weight excluding hydrogens is 235 g/mol. The topological polar surface area (TPSA) is 67.8 Å². The maximum absolute atomic E-state index is 11.8. The lowest BCUT2D eigenvalue weighted by Gasteiger charge is -2.08. The van der Waals surface area contributed by atoms with Crippen LogP contribution in [-0.2, 0) is 0 Å². The monoisotopic (exact) mass is 246 g/mol. The first kappa shape index (κ1) is 12.6. The van der Waals surface area contributed by atoms with Crippen molar-refractivity contribution >= 4 is 17.4 Å². The second kappa shape index (κ2) is 6.17. The first-order valence-electron chi connectivity index (χ1n) is 4.65. The zero-order valence-corrected chi connectivity index (χ0v) is 9.25. The van der Waals surface area contributed by atoms with Crippen LogP contribution in [0.3, 0.4) is 0 Å². The third-order valence-electron chi connectivity index (χ3n) is 1.87. The number of oxime groups is 1. The highest BCUT2D eigenvalue weighted by atomic mass is 35.5. The molecule has 4 nitrogen and oxygen atoms in total. The summed E-state index contributed by atoms with van der Waals surface area (Å²) in [6.07, 6.45) is 0.318. The number of nitrogens with zero attached hydrogens (tertiary/aromatic N) is 1. The van der Waals surface area contributed by atoms with Crippen molar-refractivity contribution in [1.82, 2.24) is 0 Å². The molecule has 0 aromatic heterocycles. The van der Waals surface area contributed by atoms with Crippen molar-refractivity contribution in [1.29, 1.82) is 0 Å². The van der Waals surface area contributed by atoms with Crippen LogP contribution in [0.1, 0.15) is 12.0 Å². The molecule has 0 atom stereocenters. The molecule has 0 saturated heterocycles. The SMILES string of the molecule is N/C(=N/O)c1ccc(OCCCF)c(Cl)c1. The molecular formula is C10H12ClFN2O2. The Morgan fingerprint density at radius 2 is 2.31 bits per heavy atom. The Bertz CT molecular complexity index is 385. The highest BCUT2D eigenvalue weighted by molar-refractivity contribution is 6.32. The largest absolute Gasteiger partial charge is 0.492 e. The molecule has 88 valence electrons. The molecule has 0 aliphatic rings. The summed E-state index contributed by atoms with van der Waals surface area (Å²) in [4.78, 5) is 0. The van der Waals surface area contributed by atoms with Crippen molar-refractivity contribution in [3.63, 3.8) is 0 Å². The van der Waals surface area contributed by atoms with Gasteiger partial charge in [0.25, 0.3) is 0 Å². The Labute approximate surface area is 97.5 Å². The van der Waals surface area contributed by atoms with Gasteiger partial charge in [-0.15, -0.1) is 0 Å². The van der Waals surface area contributed by atoms with E-state index in [0.717, 1.165) is 0 Å². The average molecular weight is 247 g/mol. The van der Waals surface area contributed by atoms with E-state index in [1.807, 2.05) is 0 Å². The predicted octanol–water partition coefficient (Wildman–Crippen LogP) is 2.17. The second-order valence-electron chi connectivity index (χ2n) is 3.02. The number of hydrogen-bond acceptors (Lipinski definition) is 3. The smallest absolute Gasteiger partial charge is 0.170 e. The van der Waals surface area contributed by atoms with Crippen LogP contribution in [0.15, 0.2) is 23.4 Å². The highest BCUT2D eigenvalue weighted by Gasteiger charge is 2.05. The molecule has 1 aromatic rings. The number of rotatable bonds is 5. The summed E-state index contributed by atoms with van der Waals surface area (Å²) in [5.41, 5.74) is 5.88. The summed E-state index contributed by atoms with van der Waals surface area (Å²) in [6, 6.07) is 4.71. The first-order chi connectivity index (χ1) is 7.69. The number of alkyl halides is 1. The van der Waals surface area contributed by atoms with Gasteiger partial charge in [0, 0.05) is 12.0 Å². The lowest BCUT2D eigenvalue weighted by molar-refractivity contribution is 0.290. The standard InChI is InChI=1S/C10H12ClFN2O2/c11-8-6-7(10(13)14-15)2-3-9(8)16-5-1-4-12/h2-3,6,15H,1,4-5H2,(H2,13,14). The van der Waals surface area contributed by atoms with Gasteiger partial charge in [-0.25, -0.2) is 0 Å². The van der Waals surface area contributed by atoms with Gasteiger partial charge in [0.1, 0.15) is 5.75 Å². The predicted molar refractivity (Wildman–Crippen MR) is 60.0 cm³/mol. The summed E-state index contributed by atoms with van der Waals surface area (Å²) >= 11 is 5.90. The van der Waals surface area contributed by atoms with Crippen LogP contribution in [0.25, 0.3) is 0 Å². The molecule has 1 rings (SSSR count). The zero-order valence-electron chi connectivity index (χ0n) is 8.49. The molecule has 0 amide bonds. The molecule has 0 unspecified atom stereocenters. The Balaban J connectivity index is 2.75. The van der Waals surface area contributed by atoms with E-state index in [-0.39, 0.29) is 12.4 Å². The van der Waals surface area contributed by atoms with Gasteiger partial charge >= 0.3 is 0 Å². The van der Waals surface area contributed by atoms with Crippen molar-refractivity contribution in [3.05, 3.63) is 28.8 Å². The summed E-state index contributed by atoms with van der Waals surface area (Å²) < 4.78 is 17.1. The minimum Gasteiger partial charge on any atom is -0.492 e. The lowest BCUT2D eigenvalue weighted by Crippen LogP contribution is -2.13. The molecule has 6 heteroatoms. The molecule has 0 aliphatic heterocycles. The van der Waals surface area contributed by atoms with Crippen LogP contribution in [0.2, 0.25) is 5.02 Å². The second-order valence-corrected chi connectivity index (χ2v) is 3.43. The molecule has 0 fully saturated rings. The van der Waals surface area contributed by atoms with Gasteiger partial charge in [0.2, 0.25) is 0 Å². The van der Waals surface area contributed by atoms with Crippen molar-refractivity contribution < 1.29 is 14.3 Å². The van der Waals surface area contributed by atoms with Crippen LogP contribution in [0.4, 0.5) is 4.39 Å². The molecule has 0 radical (unpaired) electrons. The van der Waals surface area contributed by atoms with Crippen LogP contribution in [0.5, 0.6) is 5.75 Å². The quantitative estimate of drug-likeness (QED) is 0.275. The normalized spacial score (nSPS) is 11.5. The number of halogens is 2. The van der Waals surface area contributed by atoms with Crippen LogP contribution < -0.4 is 10.5 Å². The van der Waals surface area contributed by atoms with Gasteiger partial charge in [-0.1, -0.05) is 16.8 Å². The fraction of sp³-hybridized carbons (Fsp3) is 0.300. The summed E-state index contributed by atoms with van der Waals surface area (Å²) in [6.45, 7) is -0.168. The van der Waals surface area contributed by atoms with Crippen LogP contribution in [0, 0.1) is 0 Å². The zero-order chi connectivity index (χ0) is 12.0. The summed E-state index contributed by atoms with van der Waals surface area (Å²) in [5, 5.41) is 11.7. The van der Waals surface area contributed by atoms with E-state index < -0.39 is 6.67 Å². The number of amidine groups is 1. The minimum atomic E-state index is -0.431. The maximum atomic E-state index is 11.8. The lowest BCUT2D eigenvalue weighted by atomic mass is 10.2. The highest BCUT2D eigenvalue weighted by Crippen LogP contribution is 2.25. The first-order valence-corrected chi connectivity index (χ1v) is 5.03. The van der Waals surface area contributed by atoms with E-state index in [9.17, 15) is 4.39 Å². The number of ether oxygens (including phenoxy) is 1. The van der Waals surface area contributed by atoms with E-state index in [1.54, 1.807) is 12.1 Å². The number of hydrogen-bond donors (Lipinski definition) is 2. The average Bonchev–Trinajstić information content (AvgIpc) is 2.30. The van der Waals surface area contributed by atoms with E-state index in [4.69, 9.17) is 27.3 Å². The third kappa shape index (κ3) is 3.27. The van der Waals surface area contributed by atoms with Crippen molar-refractivity contribution in [3.8, 4) is 5.75 Å². The van der Waals surface area contributed by atoms with E-state index in [0.29, 0.717) is 22.8 Å². The van der Waals surface area contributed by atoms with Gasteiger partial charge in [0.15, 0.2) is 5.84 Å². The van der Waals surface area contributed by atoms with Crippen molar-refractivity contribution in [2.24, 2.45) is 10.9 Å². The molecule has 3 N–H and O–H groups in total. The molecule has 0 aliphatic carbocycles. The molecule has 16 heavy (non-hydrogen) atoms. The Morgan fingerprint density at radius 3 is 2.88 bits per heavy atom. The van der Waals surface area contributed by atoms with E-state index in [1.165, 1.54) is 6.07 Å². The fourth-order valence-corrected chi connectivity index (χ4v) is 1.31. The van der Waals surface area contributed by atoms with Gasteiger partial charge in [-0.2, -0.15) is 0 Å². The summed E-state index contributed by atoms with van der Waals surface area (Å²) in [7, 11) is 0. The van der Waals surface area contributed by atoms with E-state index >= 15 is 0 Å². The Morgan fingerprint density at radius 1 is 1.56 bits per heavy atom. The number of nitrogens with two attached hydrogens (primary N) is 1. The molecule has 0 saturated carbocycles. The molecule has 0 bridgehead atoms. The molecule has 1 aromatic carbocycles. The summed E-state index contributed by atoms with van der Waals surface area (Å²) in [5.74, 6) is 0.418. The fourth-order valence-electron chi connectivity index (χ4n) is 1.07.